The lowest BCUT2D eigenvalue weighted by Crippen LogP contribution is -2.62. The van der Waals surface area contributed by atoms with Crippen molar-refractivity contribution in [2.75, 3.05) is 25.7 Å². The van der Waals surface area contributed by atoms with Crippen LogP contribution in [0.4, 0.5) is 8.78 Å². The van der Waals surface area contributed by atoms with Crippen LogP contribution < -0.4 is 0 Å². The second kappa shape index (κ2) is 27.7. The Labute approximate surface area is 543 Å². The summed E-state index contributed by atoms with van der Waals surface area (Å²) >= 11 is 28.8. The Bertz CT molecular complexity index is 3290. The van der Waals surface area contributed by atoms with Crippen molar-refractivity contribution in [1.29, 1.82) is 0 Å². The normalized spacial score (nSPS) is 23.0. The molecule has 4 fully saturated rings. The minimum atomic E-state index is -1.33. The Morgan fingerprint density at radius 3 is 1.25 bits per heavy atom. The lowest BCUT2D eigenvalue weighted by molar-refractivity contribution is -0.202. The van der Waals surface area contributed by atoms with Gasteiger partial charge in [-0.25, -0.2) is 18.4 Å². The van der Waals surface area contributed by atoms with Gasteiger partial charge < -0.3 is 28.7 Å². The van der Waals surface area contributed by atoms with Gasteiger partial charge in [-0.1, -0.05) is 124 Å². The molecular formula is C68H74Cl4F2N4O8S2. The molecule has 12 nitrogen and oxygen atoms in total. The Morgan fingerprint density at radius 2 is 0.955 bits per heavy atom. The summed E-state index contributed by atoms with van der Waals surface area (Å²) in [6.45, 7) is 16.6. The lowest BCUT2D eigenvalue weighted by Gasteiger charge is -2.52. The molecule has 468 valence electrons. The van der Waals surface area contributed by atoms with Gasteiger partial charge in [-0.15, -0.1) is 0 Å². The molecule has 10 rings (SSSR count). The number of carbonyl (C=O) groups is 4. The molecule has 8 atom stereocenters. The van der Waals surface area contributed by atoms with Gasteiger partial charge in [0.2, 0.25) is 0 Å². The zero-order valence-corrected chi connectivity index (χ0v) is 55.6. The number of benzene rings is 4. The Balaban J connectivity index is 0.000000209. The van der Waals surface area contributed by atoms with Crippen LogP contribution in [0.1, 0.15) is 160 Å². The van der Waals surface area contributed by atoms with Crippen LogP contribution in [-0.2, 0) is 41.4 Å². The van der Waals surface area contributed by atoms with E-state index in [1.165, 1.54) is 50.9 Å². The van der Waals surface area contributed by atoms with Crippen LogP contribution in [0.3, 0.4) is 0 Å². The average Bonchev–Trinajstić information content (AvgIpc) is 1.93. The van der Waals surface area contributed by atoms with Gasteiger partial charge in [-0.05, 0) is 146 Å². The molecule has 4 heterocycles. The van der Waals surface area contributed by atoms with Gasteiger partial charge in [0.15, 0.2) is 11.2 Å². The number of hydrogen-bond acceptors (Lipinski definition) is 12. The van der Waals surface area contributed by atoms with E-state index in [-0.39, 0.29) is 56.3 Å². The molecule has 2 amide bonds. The van der Waals surface area contributed by atoms with E-state index in [9.17, 15) is 19.2 Å². The number of carbonyl (C=O) groups excluding carboxylic acids is 4. The summed E-state index contributed by atoms with van der Waals surface area (Å²) < 4.78 is 53.4. The SMILES string of the molecule is COC(=O)c1ccc(C[C@@]2(C)O[C@H](c3cccc(Cl)c3)C(c3ccc(Cl)c(F)c3)N([C@H](CSC(C)(C)C)C3CC3)C2=O)nc1.COC(=O)c1ccc(C[C@]2(C)O[C@H](c3cccc(Cl)c3)C(c3ccc(Cl)c(F)c3)N([C@H](CSC(C)(C)C)C3CC3)C2=O)nc1. The topological polar surface area (TPSA) is 137 Å². The van der Waals surface area contributed by atoms with Crippen LogP contribution in [0.15, 0.2) is 122 Å². The van der Waals surface area contributed by atoms with Crippen molar-refractivity contribution in [3.05, 3.63) is 198 Å². The third kappa shape index (κ3) is 16.1. The molecule has 2 aromatic heterocycles. The molecule has 0 N–H and O–H groups in total. The summed E-state index contributed by atoms with van der Waals surface area (Å²) in [4.78, 5) is 66.6. The minimum Gasteiger partial charge on any atom is -0.465 e. The molecule has 2 aliphatic carbocycles. The van der Waals surface area contributed by atoms with Gasteiger partial charge in [0, 0.05) is 79.8 Å². The molecule has 0 radical (unpaired) electrons. The van der Waals surface area contributed by atoms with Gasteiger partial charge >= 0.3 is 11.9 Å². The van der Waals surface area contributed by atoms with Crippen LogP contribution in [0, 0.1) is 23.5 Å². The maximum atomic E-state index is 15.0. The molecule has 4 aliphatic rings. The van der Waals surface area contributed by atoms with Crippen molar-refractivity contribution in [2.45, 2.75) is 151 Å². The van der Waals surface area contributed by atoms with Crippen molar-refractivity contribution >= 4 is 93.7 Å². The second-order valence-electron chi connectivity index (χ2n) is 25.4. The molecule has 2 aliphatic heterocycles. The van der Waals surface area contributed by atoms with Gasteiger partial charge in [0.25, 0.3) is 11.8 Å². The number of nitrogens with zero attached hydrogens (tertiary/aromatic N) is 4. The summed E-state index contributed by atoms with van der Waals surface area (Å²) in [6.07, 6.45) is 5.89. The smallest absolute Gasteiger partial charge is 0.339 e. The fraction of sp³-hybridized carbons (Fsp3) is 0.441. The molecule has 2 unspecified atom stereocenters. The number of rotatable bonds is 18. The number of amides is 2. The molecule has 2 saturated carbocycles. The molecule has 20 heteroatoms. The molecular weight excluding hydrogens is 1240 g/mol. The highest BCUT2D eigenvalue weighted by Gasteiger charge is 2.57. The second-order valence-corrected chi connectivity index (χ2v) is 30.8. The fourth-order valence-electron chi connectivity index (χ4n) is 11.5. The monoisotopic (exact) mass is 1320 g/mol. The van der Waals surface area contributed by atoms with Crippen molar-refractivity contribution in [3.63, 3.8) is 0 Å². The van der Waals surface area contributed by atoms with Crippen molar-refractivity contribution in [3.8, 4) is 0 Å². The van der Waals surface area contributed by atoms with Gasteiger partial charge in [0.05, 0.1) is 47.5 Å². The Kier molecular flexibility index (Phi) is 21.1. The highest BCUT2D eigenvalue weighted by molar-refractivity contribution is 8.00. The number of pyridine rings is 2. The molecule has 0 bridgehead atoms. The van der Waals surface area contributed by atoms with E-state index >= 15 is 8.78 Å². The number of methoxy groups -OCH3 is 2. The number of esters is 2. The molecule has 4 aromatic carbocycles. The quantitative estimate of drug-likeness (QED) is 0.0757. The summed E-state index contributed by atoms with van der Waals surface area (Å²) in [6, 6.07) is 29.4. The summed E-state index contributed by atoms with van der Waals surface area (Å²) in [7, 11) is 2.63. The van der Waals surface area contributed by atoms with E-state index in [2.05, 4.69) is 51.5 Å². The van der Waals surface area contributed by atoms with E-state index in [1.54, 1.807) is 62.4 Å². The number of halogens is 6. The average molecular weight is 1320 g/mol. The number of morpholine rings is 2. The van der Waals surface area contributed by atoms with Crippen LogP contribution >= 0.6 is 69.9 Å². The largest absolute Gasteiger partial charge is 0.465 e. The van der Waals surface area contributed by atoms with Gasteiger partial charge in [-0.2, -0.15) is 23.5 Å². The first-order chi connectivity index (χ1) is 41.6. The minimum absolute atomic E-state index is 0.0102. The summed E-state index contributed by atoms with van der Waals surface area (Å²) in [5.74, 6) is -0.422. The zero-order chi connectivity index (χ0) is 63.6. The number of aromatic nitrogens is 2. The first kappa shape index (κ1) is 67.1. The third-order valence-electron chi connectivity index (χ3n) is 16.2. The van der Waals surface area contributed by atoms with E-state index in [0.717, 1.165) is 48.3 Å². The standard InChI is InChI=1S/2C34H37Cl2FN2O4S/c2*1-33(2,3)44-19-28(20-9-10-20)39-29(21-12-14-26(36)27(37)16-21)30(22-7-6-8-24(35)15-22)43-34(4,32(39)41)17-25-13-11-23(18-38-25)31(40)42-5/h2*6-8,11-16,18,20,28-30H,9-10,17,19H2,1-5H3/t28-,29?,30-,34+;28-,29?,30-,34-/m11/s1. The summed E-state index contributed by atoms with van der Waals surface area (Å²) in [5, 5.41) is 1.07. The van der Waals surface area contributed by atoms with Crippen molar-refractivity contribution in [1.82, 2.24) is 19.8 Å². The number of ether oxygens (including phenoxy) is 4. The number of hydrogen-bond donors (Lipinski definition) is 0. The maximum absolute atomic E-state index is 15.0. The molecule has 0 spiro atoms. The highest BCUT2D eigenvalue weighted by atomic mass is 35.5. The first-order valence-electron chi connectivity index (χ1n) is 29.4. The Hall–Kier alpha value is -5.30. The third-order valence-corrected chi connectivity index (χ3v) is 20.0. The van der Waals surface area contributed by atoms with E-state index < -0.39 is 59.1 Å². The summed E-state index contributed by atoms with van der Waals surface area (Å²) in [5.41, 5.74) is 1.88. The number of thioether (sulfide) groups is 2. The van der Waals surface area contributed by atoms with E-state index in [0.29, 0.717) is 55.5 Å². The van der Waals surface area contributed by atoms with E-state index in [1.807, 2.05) is 69.7 Å². The first-order valence-corrected chi connectivity index (χ1v) is 32.8. The van der Waals surface area contributed by atoms with Gasteiger partial charge in [-0.3, -0.25) is 19.6 Å². The molecule has 88 heavy (non-hydrogen) atoms. The molecule has 2 saturated heterocycles. The van der Waals surface area contributed by atoms with Crippen molar-refractivity contribution in [2.24, 2.45) is 11.8 Å². The fourth-order valence-corrected chi connectivity index (χ4v) is 14.3. The van der Waals surface area contributed by atoms with Crippen LogP contribution in [0.5, 0.6) is 0 Å². The highest BCUT2D eigenvalue weighted by Crippen LogP contribution is 2.54. The predicted octanol–water partition coefficient (Wildman–Crippen LogP) is 16.5. The molecule has 6 aromatic rings. The van der Waals surface area contributed by atoms with Crippen LogP contribution in [0.2, 0.25) is 20.1 Å². The maximum Gasteiger partial charge on any atom is 0.339 e. The van der Waals surface area contributed by atoms with Crippen molar-refractivity contribution < 1.29 is 46.9 Å². The zero-order valence-electron chi connectivity index (χ0n) is 51.0. The van der Waals surface area contributed by atoms with E-state index in [4.69, 9.17) is 65.4 Å². The van der Waals surface area contributed by atoms with Gasteiger partial charge in [0.1, 0.15) is 23.8 Å². The predicted molar refractivity (Wildman–Crippen MR) is 345 cm³/mol. The lowest BCUT2D eigenvalue weighted by atomic mass is 9.85. The van der Waals surface area contributed by atoms with Crippen LogP contribution in [-0.4, -0.2) is 102 Å². The van der Waals surface area contributed by atoms with Crippen LogP contribution in [0.25, 0.3) is 0 Å². The Morgan fingerprint density at radius 1 is 0.580 bits per heavy atom.